The Bertz CT molecular complexity index is 923. The Labute approximate surface area is 180 Å². The largest absolute Gasteiger partial charge is 0.416 e. The molecule has 31 heavy (non-hydrogen) atoms. The zero-order valence-electron chi connectivity index (χ0n) is 17.2. The lowest BCUT2D eigenvalue weighted by Crippen LogP contribution is -2.34. The van der Waals surface area contributed by atoms with Crippen molar-refractivity contribution < 1.29 is 36.3 Å². The van der Waals surface area contributed by atoms with E-state index in [0.717, 1.165) is 13.8 Å². The van der Waals surface area contributed by atoms with Crippen molar-refractivity contribution in [2.45, 2.75) is 59.9 Å². The van der Waals surface area contributed by atoms with Gasteiger partial charge in [0.05, 0.1) is 27.4 Å². The Kier molecular flexibility index (Phi) is 9.13. The van der Waals surface area contributed by atoms with Gasteiger partial charge in [-0.1, -0.05) is 32.4 Å². The molecule has 2 heterocycles. The third-order valence-corrected chi connectivity index (χ3v) is 4.76. The fourth-order valence-corrected chi connectivity index (χ4v) is 3.06. The van der Waals surface area contributed by atoms with Gasteiger partial charge >= 0.3 is 18.9 Å². The van der Waals surface area contributed by atoms with Gasteiger partial charge in [0, 0.05) is 18.7 Å². The lowest BCUT2D eigenvalue weighted by atomic mass is 9.87. The summed E-state index contributed by atoms with van der Waals surface area (Å²) in [6.45, 7) is 2.90. The molecule has 0 fully saturated rings. The maximum atomic E-state index is 13.2. The minimum Gasteiger partial charge on any atom is -0.416 e. The highest BCUT2D eigenvalue weighted by Gasteiger charge is 2.47. The number of pyridine rings is 1. The first-order valence-corrected chi connectivity index (χ1v) is 9.46. The van der Waals surface area contributed by atoms with E-state index in [-0.39, 0.29) is 22.4 Å². The Morgan fingerprint density at radius 2 is 1.77 bits per heavy atom. The molecule has 12 heteroatoms. The van der Waals surface area contributed by atoms with Crippen molar-refractivity contribution in [1.82, 2.24) is 14.8 Å². The van der Waals surface area contributed by atoms with E-state index in [9.17, 15) is 22.0 Å². The Morgan fingerprint density at radius 1 is 1.19 bits per heavy atom. The second-order valence-corrected chi connectivity index (χ2v) is 7.33. The third-order valence-electron chi connectivity index (χ3n) is 4.36. The van der Waals surface area contributed by atoms with E-state index in [1.165, 1.54) is 16.8 Å². The molecule has 0 saturated carbocycles. The topological polar surface area (TPSA) is 74.1 Å². The van der Waals surface area contributed by atoms with Crippen molar-refractivity contribution in [2.75, 3.05) is 0 Å². The normalized spacial score (nSPS) is 11.7. The van der Waals surface area contributed by atoms with Crippen LogP contribution in [0, 0.1) is 5.41 Å². The number of halogens is 6. The summed E-state index contributed by atoms with van der Waals surface area (Å²) in [5.41, 5.74) is -1.04. The van der Waals surface area contributed by atoms with Crippen LogP contribution in [0.4, 0.5) is 22.0 Å². The number of hydrogen-bond acceptors (Lipinski definition) is 5. The van der Waals surface area contributed by atoms with Crippen molar-refractivity contribution in [1.29, 1.82) is 0 Å². The molecule has 0 bridgehead atoms. The fourth-order valence-electron chi connectivity index (χ4n) is 2.69. The minimum atomic E-state index is -4.47. The SMILES string of the molecule is CCc1nn(CC)c(-c2ccc(CC(C)(C)C(F)(F)F)nc2OC(F)F)c1Cl.O=C=O. The number of nitrogens with zero attached hydrogens (tertiary/aromatic N) is 3. The molecule has 0 aliphatic carbocycles. The lowest BCUT2D eigenvalue weighted by molar-refractivity contribution is -0.211. The highest BCUT2D eigenvalue weighted by Crippen LogP contribution is 2.41. The van der Waals surface area contributed by atoms with Gasteiger partial charge < -0.3 is 4.74 Å². The number of ether oxygens (including phenoxy) is 1. The van der Waals surface area contributed by atoms with E-state index in [4.69, 9.17) is 21.2 Å². The van der Waals surface area contributed by atoms with Gasteiger partial charge in [-0.25, -0.2) is 4.98 Å². The molecule has 0 N–H and O–H groups in total. The van der Waals surface area contributed by atoms with E-state index in [1.807, 2.05) is 6.92 Å². The number of aryl methyl sites for hydroxylation is 2. The van der Waals surface area contributed by atoms with Crippen molar-refractivity contribution in [3.8, 4) is 17.1 Å². The molecule has 0 unspecified atom stereocenters. The van der Waals surface area contributed by atoms with Gasteiger partial charge in [0.15, 0.2) is 0 Å². The zero-order valence-corrected chi connectivity index (χ0v) is 17.9. The molecule has 6 nitrogen and oxygen atoms in total. The molecule has 0 spiro atoms. The third kappa shape index (κ3) is 6.48. The summed E-state index contributed by atoms with van der Waals surface area (Å²) < 4.78 is 71.4. The van der Waals surface area contributed by atoms with Gasteiger partial charge in [-0.15, -0.1) is 0 Å². The smallest absolute Gasteiger partial charge is 0.394 e. The van der Waals surface area contributed by atoms with Crippen LogP contribution in [0.2, 0.25) is 5.02 Å². The van der Waals surface area contributed by atoms with Crippen molar-refractivity contribution in [2.24, 2.45) is 5.41 Å². The first kappa shape index (κ1) is 26.5. The quantitative estimate of drug-likeness (QED) is 0.512. The first-order valence-electron chi connectivity index (χ1n) is 9.09. The van der Waals surface area contributed by atoms with Gasteiger partial charge in [-0.3, -0.25) is 4.68 Å². The van der Waals surface area contributed by atoms with Gasteiger partial charge in [-0.05, 0) is 25.5 Å². The van der Waals surface area contributed by atoms with Crippen LogP contribution in [0.25, 0.3) is 11.3 Å². The van der Waals surface area contributed by atoms with E-state index in [2.05, 4.69) is 14.8 Å². The highest BCUT2D eigenvalue weighted by atomic mass is 35.5. The van der Waals surface area contributed by atoms with Crippen LogP contribution in [-0.2, 0) is 29.0 Å². The number of hydrogen-bond donors (Lipinski definition) is 0. The van der Waals surface area contributed by atoms with Crippen molar-refractivity contribution in [3.63, 3.8) is 0 Å². The molecule has 2 aromatic heterocycles. The molecule has 172 valence electrons. The number of rotatable bonds is 7. The van der Waals surface area contributed by atoms with Gasteiger partial charge in [0.2, 0.25) is 5.88 Å². The lowest BCUT2D eigenvalue weighted by Gasteiger charge is -2.27. The van der Waals surface area contributed by atoms with Crippen LogP contribution < -0.4 is 4.74 Å². The number of alkyl halides is 5. The predicted molar refractivity (Wildman–Crippen MR) is 101 cm³/mol. The van der Waals surface area contributed by atoms with E-state index in [0.29, 0.717) is 24.4 Å². The Balaban J connectivity index is 0.00000151. The zero-order chi connectivity index (χ0) is 24.0. The minimum absolute atomic E-state index is 0.0175. The molecule has 0 amide bonds. The van der Waals surface area contributed by atoms with Crippen molar-refractivity contribution in [3.05, 3.63) is 28.5 Å². The molecule has 0 aliphatic rings. The van der Waals surface area contributed by atoms with Crippen LogP contribution in [-0.4, -0.2) is 33.7 Å². The predicted octanol–water partition coefficient (Wildman–Crippen LogP) is 5.33. The summed E-state index contributed by atoms with van der Waals surface area (Å²) in [4.78, 5) is 20.2. The van der Waals surface area contributed by atoms with Crippen LogP contribution in [0.3, 0.4) is 0 Å². The van der Waals surface area contributed by atoms with E-state index in [1.54, 1.807) is 6.92 Å². The molecule has 0 aliphatic heterocycles. The average Bonchev–Trinajstić information content (AvgIpc) is 2.96. The Morgan fingerprint density at radius 3 is 2.23 bits per heavy atom. The summed E-state index contributed by atoms with van der Waals surface area (Å²) in [7, 11) is 0. The fraction of sp³-hybridized carbons (Fsp3) is 0.526. The molecular formula is C19H21ClF5N3O3. The first-order chi connectivity index (χ1) is 14.3. The summed E-state index contributed by atoms with van der Waals surface area (Å²) in [5, 5.41) is 4.59. The van der Waals surface area contributed by atoms with Crippen LogP contribution >= 0.6 is 11.6 Å². The molecule has 2 rings (SSSR count). The molecule has 0 atom stereocenters. The summed E-state index contributed by atoms with van der Waals surface area (Å²) in [6.07, 6.45) is -4.19. The van der Waals surface area contributed by atoms with Gasteiger partial charge in [0.25, 0.3) is 0 Å². The second kappa shape index (κ2) is 10.7. The van der Waals surface area contributed by atoms with Crippen LogP contribution in [0.5, 0.6) is 5.88 Å². The summed E-state index contributed by atoms with van der Waals surface area (Å²) in [6, 6.07) is 2.75. The molecular weight excluding hydrogens is 449 g/mol. The maximum Gasteiger partial charge on any atom is 0.394 e. The molecule has 0 saturated heterocycles. The molecule has 2 aromatic rings. The monoisotopic (exact) mass is 469 g/mol. The van der Waals surface area contributed by atoms with E-state index >= 15 is 0 Å². The molecule has 0 aromatic carbocycles. The van der Waals surface area contributed by atoms with Gasteiger partial charge in [-0.2, -0.15) is 36.6 Å². The van der Waals surface area contributed by atoms with Crippen molar-refractivity contribution >= 4 is 17.8 Å². The van der Waals surface area contributed by atoms with Gasteiger partial charge in [0.1, 0.15) is 0 Å². The molecule has 0 radical (unpaired) electrons. The average molecular weight is 470 g/mol. The standard InChI is InChI=1S/C18H21ClF5N3O.CO2/c1-5-12-13(19)14(27(6-2)26-12)11-8-7-10(25-15(11)28-16(20)21)9-17(3,4)18(22,23)24;2-1-3/h7-8,16H,5-6,9H2,1-4H3;. The summed E-state index contributed by atoms with van der Waals surface area (Å²) >= 11 is 6.35. The summed E-state index contributed by atoms with van der Waals surface area (Å²) in [5.74, 6) is -0.482. The maximum absolute atomic E-state index is 13.2. The second-order valence-electron chi connectivity index (χ2n) is 6.95. The Hall–Kier alpha value is -2.52. The van der Waals surface area contributed by atoms with E-state index < -0.39 is 30.5 Å². The highest BCUT2D eigenvalue weighted by molar-refractivity contribution is 6.33. The number of aromatic nitrogens is 3. The van der Waals surface area contributed by atoms with Crippen LogP contribution in [0.1, 0.15) is 39.1 Å². The van der Waals surface area contributed by atoms with Crippen LogP contribution in [0.15, 0.2) is 12.1 Å². The number of carbonyl (C=O) groups excluding carboxylic acids is 2.